The van der Waals surface area contributed by atoms with Gasteiger partial charge in [-0.2, -0.15) is 5.10 Å². The number of hydrogen-bond acceptors (Lipinski definition) is 2. The van der Waals surface area contributed by atoms with Crippen LogP contribution in [0.2, 0.25) is 0 Å². The lowest BCUT2D eigenvalue weighted by atomic mass is 9.99. The van der Waals surface area contributed by atoms with Crippen LogP contribution in [0, 0.1) is 5.41 Å². The first kappa shape index (κ1) is 8.11. The van der Waals surface area contributed by atoms with E-state index in [9.17, 15) is 0 Å². The summed E-state index contributed by atoms with van der Waals surface area (Å²) < 4.78 is 5.39. The molecule has 3 heteroatoms. The molecule has 0 amide bonds. The minimum Gasteiger partial charge on any atom is -0.477 e. The van der Waals surface area contributed by atoms with Crippen molar-refractivity contribution in [1.29, 1.82) is 0 Å². The number of rotatable bonds is 2. The second kappa shape index (κ2) is 2.95. The Hall–Kier alpha value is -0.990. The highest BCUT2D eigenvalue weighted by atomic mass is 16.5. The maximum absolute atomic E-state index is 5.39. The molecular formula is C8H14N2O. The zero-order valence-electron chi connectivity index (χ0n) is 7.22. The summed E-state index contributed by atoms with van der Waals surface area (Å²) >= 11 is 0. The minimum atomic E-state index is 0.200. The van der Waals surface area contributed by atoms with Crippen LogP contribution in [0.15, 0.2) is 12.3 Å². The normalized spacial score (nSPS) is 11.5. The van der Waals surface area contributed by atoms with Crippen molar-refractivity contribution in [2.45, 2.75) is 20.8 Å². The predicted molar refractivity (Wildman–Crippen MR) is 43.5 cm³/mol. The third-order valence-electron chi connectivity index (χ3n) is 1.14. The average Bonchev–Trinajstić information content (AvgIpc) is 2.32. The van der Waals surface area contributed by atoms with Gasteiger partial charge < -0.3 is 4.74 Å². The van der Waals surface area contributed by atoms with Gasteiger partial charge in [-0.3, -0.25) is 0 Å². The first-order valence-corrected chi connectivity index (χ1v) is 3.70. The molecule has 0 aromatic carbocycles. The summed E-state index contributed by atoms with van der Waals surface area (Å²) in [5, 5.41) is 6.51. The van der Waals surface area contributed by atoms with Gasteiger partial charge >= 0.3 is 0 Å². The van der Waals surface area contributed by atoms with Gasteiger partial charge in [-0.1, -0.05) is 20.8 Å². The topological polar surface area (TPSA) is 37.9 Å². The van der Waals surface area contributed by atoms with Gasteiger partial charge in [0.1, 0.15) is 0 Å². The van der Waals surface area contributed by atoms with E-state index >= 15 is 0 Å². The maximum atomic E-state index is 5.39. The van der Waals surface area contributed by atoms with E-state index in [4.69, 9.17) is 4.74 Å². The van der Waals surface area contributed by atoms with Gasteiger partial charge in [-0.25, -0.2) is 5.10 Å². The summed E-state index contributed by atoms with van der Waals surface area (Å²) in [5.74, 6) is 0.736. The van der Waals surface area contributed by atoms with Crippen molar-refractivity contribution in [3.8, 4) is 5.88 Å². The Morgan fingerprint density at radius 2 is 2.27 bits per heavy atom. The molecule has 0 fully saturated rings. The van der Waals surface area contributed by atoms with Crippen LogP contribution in [0.25, 0.3) is 0 Å². The van der Waals surface area contributed by atoms with E-state index in [0.717, 1.165) is 5.88 Å². The van der Waals surface area contributed by atoms with Crippen LogP contribution in [0.1, 0.15) is 20.8 Å². The number of hydrogen-bond donors (Lipinski definition) is 1. The summed E-state index contributed by atoms with van der Waals surface area (Å²) in [6.45, 7) is 7.09. The lowest BCUT2D eigenvalue weighted by Crippen LogP contribution is -2.16. The molecule has 0 unspecified atom stereocenters. The Bertz CT molecular complexity index is 198. The Morgan fingerprint density at radius 1 is 1.55 bits per heavy atom. The van der Waals surface area contributed by atoms with E-state index in [2.05, 4.69) is 31.0 Å². The first-order chi connectivity index (χ1) is 5.08. The second-order valence-corrected chi connectivity index (χ2v) is 3.77. The minimum absolute atomic E-state index is 0.200. The number of aromatic amines is 1. The Morgan fingerprint density at radius 3 is 2.73 bits per heavy atom. The van der Waals surface area contributed by atoms with E-state index in [-0.39, 0.29) is 5.41 Å². The summed E-state index contributed by atoms with van der Waals surface area (Å²) in [7, 11) is 0. The third-order valence-corrected chi connectivity index (χ3v) is 1.14. The fourth-order valence-corrected chi connectivity index (χ4v) is 0.618. The molecule has 1 rings (SSSR count). The van der Waals surface area contributed by atoms with Crippen molar-refractivity contribution in [3.63, 3.8) is 0 Å². The molecule has 1 aromatic rings. The molecule has 0 atom stereocenters. The first-order valence-electron chi connectivity index (χ1n) is 3.70. The van der Waals surface area contributed by atoms with Crippen molar-refractivity contribution in [2.24, 2.45) is 5.41 Å². The molecule has 0 aliphatic rings. The van der Waals surface area contributed by atoms with Crippen molar-refractivity contribution < 1.29 is 4.74 Å². The van der Waals surface area contributed by atoms with Crippen LogP contribution in [-0.2, 0) is 0 Å². The van der Waals surface area contributed by atoms with E-state index in [1.165, 1.54) is 0 Å². The molecule has 3 nitrogen and oxygen atoms in total. The summed E-state index contributed by atoms with van der Waals surface area (Å²) in [6, 6.07) is 1.81. The van der Waals surface area contributed by atoms with Crippen LogP contribution < -0.4 is 4.74 Å². The van der Waals surface area contributed by atoms with Gasteiger partial charge in [0.05, 0.1) is 12.8 Å². The standard InChI is InChI=1S/C8H14N2O/c1-8(2,3)6-11-7-4-5-9-10-7/h4-5H,6H2,1-3H3,(H,9,10). The Balaban J connectivity index is 2.35. The number of aromatic nitrogens is 2. The van der Waals surface area contributed by atoms with Gasteiger partial charge in [0.2, 0.25) is 5.88 Å². The van der Waals surface area contributed by atoms with Crippen LogP contribution in [0.5, 0.6) is 5.88 Å². The highest BCUT2D eigenvalue weighted by molar-refractivity contribution is 5.04. The lowest BCUT2D eigenvalue weighted by molar-refractivity contribution is 0.191. The van der Waals surface area contributed by atoms with Gasteiger partial charge in [-0.15, -0.1) is 0 Å². The lowest BCUT2D eigenvalue weighted by Gasteiger charge is -2.17. The maximum Gasteiger partial charge on any atom is 0.209 e. The van der Waals surface area contributed by atoms with Gasteiger partial charge in [0, 0.05) is 6.07 Å². The third kappa shape index (κ3) is 3.07. The van der Waals surface area contributed by atoms with Gasteiger partial charge in [0.15, 0.2) is 0 Å². The number of nitrogens with zero attached hydrogens (tertiary/aromatic N) is 1. The van der Waals surface area contributed by atoms with Crippen molar-refractivity contribution in [2.75, 3.05) is 6.61 Å². The van der Waals surface area contributed by atoms with Crippen LogP contribution in [0.4, 0.5) is 0 Å². The SMILES string of the molecule is CC(C)(C)COc1ccn[nH]1. The highest BCUT2D eigenvalue weighted by Gasteiger charge is 2.10. The fourth-order valence-electron chi connectivity index (χ4n) is 0.618. The zero-order valence-corrected chi connectivity index (χ0v) is 7.22. The van der Waals surface area contributed by atoms with Crippen molar-refractivity contribution in [1.82, 2.24) is 10.2 Å². The summed E-state index contributed by atoms with van der Waals surface area (Å²) in [4.78, 5) is 0. The molecule has 1 N–H and O–H groups in total. The summed E-state index contributed by atoms with van der Waals surface area (Å²) in [6.07, 6.45) is 1.68. The van der Waals surface area contributed by atoms with Crippen molar-refractivity contribution in [3.05, 3.63) is 12.3 Å². The highest BCUT2D eigenvalue weighted by Crippen LogP contribution is 2.14. The number of ether oxygens (including phenoxy) is 1. The van der Waals surface area contributed by atoms with Crippen LogP contribution in [0.3, 0.4) is 0 Å². The molecule has 0 aliphatic heterocycles. The monoisotopic (exact) mass is 154 g/mol. The zero-order chi connectivity index (χ0) is 8.32. The van der Waals surface area contributed by atoms with Crippen molar-refractivity contribution >= 4 is 0 Å². The smallest absolute Gasteiger partial charge is 0.209 e. The molecular weight excluding hydrogens is 140 g/mol. The van der Waals surface area contributed by atoms with Gasteiger partial charge in [0.25, 0.3) is 0 Å². The quantitative estimate of drug-likeness (QED) is 0.705. The Kier molecular flexibility index (Phi) is 2.17. The molecule has 0 saturated carbocycles. The van der Waals surface area contributed by atoms with Gasteiger partial charge in [-0.05, 0) is 5.41 Å². The molecule has 1 aromatic heterocycles. The van der Waals surface area contributed by atoms with E-state index in [0.29, 0.717) is 6.61 Å². The predicted octanol–water partition coefficient (Wildman–Crippen LogP) is 1.83. The number of H-pyrrole nitrogens is 1. The molecule has 62 valence electrons. The van der Waals surface area contributed by atoms with Crippen LogP contribution in [-0.4, -0.2) is 16.8 Å². The second-order valence-electron chi connectivity index (χ2n) is 3.77. The molecule has 0 radical (unpaired) electrons. The van der Waals surface area contributed by atoms with E-state index in [1.54, 1.807) is 6.20 Å². The van der Waals surface area contributed by atoms with Crippen LogP contribution >= 0.6 is 0 Å². The summed E-state index contributed by atoms with van der Waals surface area (Å²) in [5.41, 5.74) is 0.200. The largest absolute Gasteiger partial charge is 0.477 e. The molecule has 11 heavy (non-hydrogen) atoms. The molecule has 0 saturated heterocycles. The number of nitrogens with one attached hydrogen (secondary N) is 1. The Labute approximate surface area is 66.8 Å². The molecule has 0 bridgehead atoms. The van der Waals surface area contributed by atoms with E-state index in [1.807, 2.05) is 6.07 Å². The fraction of sp³-hybridized carbons (Fsp3) is 0.625. The molecule has 0 aliphatic carbocycles. The van der Waals surface area contributed by atoms with E-state index < -0.39 is 0 Å². The molecule has 1 heterocycles. The average molecular weight is 154 g/mol. The molecule has 0 spiro atoms.